The highest BCUT2D eigenvalue weighted by molar-refractivity contribution is 5.79. The van der Waals surface area contributed by atoms with Gasteiger partial charge in [0.15, 0.2) is 5.82 Å². The Hall–Kier alpha value is -2.95. The fraction of sp³-hybridized carbons (Fsp3) is 0.286. The molecule has 1 aromatic heterocycles. The van der Waals surface area contributed by atoms with Gasteiger partial charge in [0.05, 0.1) is 6.42 Å². The van der Waals surface area contributed by atoms with Gasteiger partial charge in [-0.25, -0.2) is 4.98 Å². The van der Waals surface area contributed by atoms with E-state index in [1.807, 2.05) is 65.6 Å². The monoisotopic (exact) mass is 346 g/mol. The van der Waals surface area contributed by atoms with Gasteiger partial charge >= 0.3 is 0 Å². The van der Waals surface area contributed by atoms with Crippen molar-refractivity contribution in [3.05, 3.63) is 72.1 Å². The molecule has 3 aromatic rings. The molecular weight excluding hydrogens is 324 g/mol. The third-order valence-electron chi connectivity index (χ3n) is 4.89. The highest BCUT2D eigenvalue weighted by Crippen LogP contribution is 2.26. The van der Waals surface area contributed by atoms with Gasteiger partial charge in [-0.3, -0.25) is 9.89 Å². The standard InChI is InChI=1S/C21H22N4O/c26-19(14-16-8-3-1-4-9-16)25-13-7-12-18(15-25)21-22-20(23-24-21)17-10-5-2-6-11-17/h1-6,8-11,18H,7,12-15H2,(H,22,23,24). The highest BCUT2D eigenvalue weighted by Gasteiger charge is 2.27. The molecule has 1 aliphatic heterocycles. The molecule has 1 fully saturated rings. The maximum atomic E-state index is 12.7. The van der Waals surface area contributed by atoms with E-state index in [9.17, 15) is 4.79 Å². The van der Waals surface area contributed by atoms with Gasteiger partial charge in [-0.15, -0.1) is 0 Å². The van der Waals surface area contributed by atoms with Gasteiger partial charge in [0.2, 0.25) is 5.91 Å². The van der Waals surface area contributed by atoms with Crippen LogP contribution in [0.15, 0.2) is 60.7 Å². The number of nitrogens with one attached hydrogen (secondary N) is 1. The number of likely N-dealkylation sites (tertiary alicyclic amines) is 1. The normalized spacial score (nSPS) is 17.2. The summed E-state index contributed by atoms with van der Waals surface area (Å²) < 4.78 is 0. The number of piperidine rings is 1. The van der Waals surface area contributed by atoms with Crippen molar-refractivity contribution in [2.45, 2.75) is 25.2 Å². The lowest BCUT2D eigenvalue weighted by atomic mass is 9.96. The summed E-state index contributed by atoms with van der Waals surface area (Å²) in [6, 6.07) is 19.9. The fourth-order valence-electron chi connectivity index (χ4n) is 3.48. The van der Waals surface area contributed by atoms with Crippen molar-refractivity contribution in [1.82, 2.24) is 20.1 Å². The molecule has 0 spiro atoms. The lowest BCUT2D eigenvalue weighted by molar-refractivity contribution is -0.131. The van der Waals surface area contributed by atoms with Gasteiger partial charge < -0.3 is 4.90 Å². The summed E-state index contributed by atoms with van der Waals surface area (Å²) in [6.07, 6.45) is 2.48. The Morgan fingerprint density at radius 3 is 2.58 bits per heavy atom. The van der Waals surface area contributed by atoms with Crippen molar-refractivity contribution in [2.75, 3.05) is 13.1 Å². The second-order valence-electron chi connectivity index (χ2n) is 6.75. The number of aromatic nitrogens is 3. The molecule has 1 unspecified atom stereocenters. The maximum Gasteiger partial charge on any atom is 0.227 e. The number of amides is 1. The lowest BCUT2D eigenvalue weighted by Gasteiger charge is -2.31. The topological polar surface area (TPSA) is 61.9 Å². The first-order chi connectivity index (χ1) is 12.8. The van der Waals surface area contributed by atoms with Crippen molar-refractivity contribution >= 4 is 5.91 Å². The fourth-order valence-corrected chi connectivity index (χ4v) is 3.48. The van der Waals surface area contributed by atoms with Crippen LogP contribution in [0.3, 0.4) is 0 Å². The lowest BCUT2D eigenvalue weighted by Crippen LogP contribution is -2.40. The van der Waals surface area contributed by atoms with E-state index in [0.29, 0.717) is 18.8 Å². The molecule has 26 heavy (non-hydrogen) atoms. The van der Waals surface area contributed by atoms with E-state index in [-0.39, 0.29) is 11.8 Å². The molecule has 132 valence electrons. The predicted octanol–water partition coefficient (Wildman–Crippen LogP) is 3.42. The molecule has 0 radical (unpaired) electrons. The summed E-state index contributed by atoms with van der Waals surface area (Å²) in [4.78, 5) is 19.3. The minimum absolute atomic E-state index is 0.184. The van der Waals surface area contributed by atoms with E-state index in [1.165, 1.54) is 0 Å². The Morgan fingerprint density at radius 1 is 1.08 bits per heavy atom. The first-order valence-electron chi connectivity index (χ1n) is 9.09. The number of carbonyl (C=O) groups is 1. The number of hydrogen-bond acceptors (Lipinski definition) is 3. The summed E-state index contributed by atoms with van der Waals surface area (Å²) in [5.74, 6) is 1.99. The van der Waals surface area contributed by atoms with E-state index < -0.39 is 0 Å². The number of H-pyrrole nitrogens is 1. The summed E-state index contributed by atoms with van der Waals surface area (Å²) >= 11 is 0. The molecule has 4 rings (SSSR count). The second kappa shape index (κ2) is 7.52. The third-order valence-corrected chi connectivity index (χ3v) is 4.89. The Balaban J connectivity index is 1.44. The van der Waals surface area contributed by atoms with E-state index in [1.54, 1.807) is 0 Å². The van der Waals surface area contributed by atoms with Crippen LogP contribution in [0.5, 0.6) is 0 Å². The Bertz CT molecular complexity index is 860. The van der Waals surface area contributed by atoms with Crippen LogP contribution < -0.4 is 0 Å². The van der Waals surface area contributed by atoms with Crippen LogP contribution in [-0.4, -0.2) is 39.1 Å². The second-order valence-corrected chi connectivity index (χ2v) is 6.75. The maximum absolute atomic E-state index is 12.7. The van der Waals surface area contributed by atoms with E-state index in [4.69, 9.17) is 0 Å². The quantitative estimate of drug-likeness (QED) is 0.787. The van der Waals surface area contributed by atoms with Gasteiger partial charge in [-0.2, -0.15) is 5.10 Å². The minimum atomic E-state index is 0.184. The largest absolute Gasteiger partial charge is 0.342 e. The summed E-state index contributed by atoms with van der Waals surface area (Å²) in [6.45, 7) is 1.52. The summed E-state index contributed by atoms with van der Waals surface area (Å²) in [5.41, 5.74) is 2.06. The molecule has 0 saturated carbocycles. The van der Waals surface area contributed by atoms with Crippen molar-refractivity contribution in [3.8, 4) is 11.4 Å². The molecule has 0 aliphatic carbocycles. The average molecular weight is 346 g/mol. The molecule has 5 nitrogen and oxygen atoms in total. The van der Waals surface area contributed by atoms with Crippen LogP contribution >= 0.6 is 0 Å². The Morgan fingerprint density at radius 2 is 1.81 bits per heavy atom. The molecule has 1 atom stereocenters. The molecule has 0 bridgehead atoms. The van der Waals surface area contributed by atoms with Crippen LogP contribution in [0, 0.1) is 0 Å². The predicted molar refractivity (Wildman–Crippen MR) is 101 cm³/mol. The zero-order valence-corrected chi connectivity index (χ0v) is 14.6. The highest BCUT2D eigenvalue weighted by atomic mass is 16.2. The van der Waals surface area contributed by atoms with Crippen LogP contribution in [0.25, 0.3) is 11.4 Å². The Labute approximate surface area is 153 Å². The van der Waals surface area contributed by atoms with Crippen molar-refractivity contribution in [3.63, 3.8) is 0 Å². The SMILES string of the molecule is O=C(Cc1ccccc1)N1CCCC(c2nc(-c3ccccc3)n[nH]2)C1. The molecule has 2 heterocycles. The van der Waals surface area contributed by atoms with Gasteiger partial charge in [0, 0.05) is 24.6 Å². The molecule has 2 aromatic carbocycles. The first kappa shape index (κ1) is 16.5. The van der Waals surface area contributed by atoms with Gasteiger partial charge in [-0.1, -0.05) is 60.7 Å². The van der Waals surface area contributed by atoms with Crippen LogP contribution in [0.1, 0.15) is 30.1 Å². The summed E-state index contributed by atoms with van der Waals surface area (Å²) in [7, 11) is 0. The van der Waals surface area contributed by atoms with E-state index in [0.717, 1.165) is 36.3 Å². The van der Waals surface area contributed by atoms with Crippen LogP contribution in [0.4, 0.5) is 0 Å². The molecule has 1 N–H and O–H groups in total. The van der Waals surface area contributed by atoms with E-state index >= 15 is 0 Å². The average Bonchev–Trinajstić information content (AvgIpc) is 3.20. The molecular formula is C21H22N4O. The van der Waals surface area contributed by atoms with Crippen molar-refractivity contribution < 1.29 is 4.79 Å². The van der Waals surface area contributed by atoms with Gasteiger partial charge in [0.25, 0.3) is 0 Å². The van der Waals surface area contributed by atoms with Crippen molar-refractivity contribution in [1.29, 1.82) is 0 Å². The number of nitrogens with zero attached hydrogens (tertiary/aromatic N) is 3. The molecule has 1 amide bonds. The van der Waals surface area contributed by atoms with Crippen LogP contribution in [0.2, 0.25) is 0 Å². The number of benzene rings is 2. The van der Waals surface area contributed by atoms with Gasteiger partial charge in [0.1, 0.15) is 5.82 Å². The smallest absolute Gasteiger partial charge is 0.227 e. The number of aromatic amines is 1. The third kappa shape index (κ3) is 3.67. The first-order valence-corrected chi connectivity index (χ1v) is 9.09. The van der Waals surface area contributed by atoms with Gasteiger partial charge in [-0.05, 0) is 18.4 Å². The Kier molecular flexibility index (Phi) is 4.78. The molecule has 1 saturated heterocycles. The number of carbonyl (C=O) groups excluding carboxylic acids is 1. The van der Waals surface area contributed by atoms with Crippen molar-refractivity contribution in [2.24, 2.45) is 0 Å². The zero-order chi connectivity index (χ0) is 17.8. The minimum Gasteiger partial charge on any atom is -0.342 e. The van der Waals surface area contributed by atoms with Crippen LogP contribution in [-0.2, 0) is 11.2 Å². The van der Waals surface area contributed by atoms with E-state index in [2.05, 4.69) is 15.2 Å². The molecule has 5 heteroatoms. The zero-order valence-electron chi connectivity index (χ0n) is 14.6. The number of rotatable bonds is 4. The molecule has 1 aliphatic rings. The summed E-state index contributed by atoms with van der Waals surface area (Å²) in [5, 5.41) is 7.44. The number of hydrogen-bond donors (Lipinski definition) is 1.